The number of hydrogen-bond donors (Lipinski definition) is 1. The average molecular weight is 678 g/mol. The molecule has 5 rings (SSSR count). The zero-order valence-electron chi connectivity index (χ0n) is 28.4. The number of esters is 1. The van der Waals surface area contributed by atoms with Crippen LogP contribution < -0.4 is 10.1 Å². The molecule has 0 radical (unpaired) electrons. The molecule has 1 N–H and O–H groups in total. The molecule has 11 heteroatoms. The Balaban J connectivity index is 1.01. The predicted molar refractivity (Wildman–Crippen MR) is 184 cm³/mol. The number of methoxy groups -OCH3 is 1. The quantitative estimate of drug-likeness (QED) is 0.149. The van der Waals surface area contributed by atoms with Gasteiger partial charge >= 0.3 is 5.97 Å². The van der Waals surface area contributed by atoms with Crippen LogP contribution in [0.1, 0.15) is 83.4 Å². The molecule has 10 nitrogen and oxygen atoms in total. The van der Waals surface area contributed by atoms with Gasteiger partial charge < -0.3 is 29.0 Å². The minimum absolute atomic E-state index is 0.00379. The first-order chi connectivity index (χ1) is 23.2. The zero-order valence-corrected chi connectivity index (χ0v) is 29.2. The van der Waals surface area contributed by atoms with E-state index in [0.717, 1.165) is 48.5 Å². The number of ether oxygens (including phenoxy) is 3. The van der Waals surface area contributed by atoms with E-state index in [-0.39, 0.29) is 29.4 Å². The molecule has 1 aromatic heterocycles. The van der Waals surface area contributed by atoms with Gasteiger partial charge in [-0.2, -0.15) is 0 Å². The first-order valence-electron chi connectivity index (χ1n) is 16.8. The van der Waals surface area contributed by atoms with Gasteiger partial charge in [-0.15, -0.1) is 11.8 Å². The highest BCUT2D eigenvalue weighted by Crippen LogP contribution is 2.55. The summed E-state index contributed by atoms with van der Waals surface area (Å²) in [6.45, 7) is 7.60. The summed E-state index contributed by atoms with van der Waals surface area (Å²) in [4.78, 5) is 39.8. The third kappa shape index (κ3) is 8.60. The van der Waals surface area contributed by atoms with Crippen LogP contribution >= 0.6 is 11.8 Å². The molecule has 2 aliphatic rings. The number of hydrogen-bond acceptors (Lipinski definition) is 9. The van der Waals surface area contributed by atoms with Gasteiger partial charge in [-0.3, -0.25) is 9.59 Å². The zero-order chi connectivity index (χ0) is 34.1. The standard InChI is InChI=1S/C37H47N3O7S/c1-25-15-16-37(40(25)35(42)24-48-23-33-26(2)39-47-27(33)3)21-30(22-37)32-8-6-5-7-28(32)11-14-34(41)38-17-18-45-19-20-46-31-12-9-29(10-13-31)36(43)44-4/h5-10,12-13,25,30H,11,14-24H2,1-4H3,(H,38,41). The van der Waals surface area contributed by atoms with Gasteiger partial charge in [-0.25, -0.2) is 4.79 Å². The van der Waals surface area contributed by atoms with Crippen LogP contribution in [0.15, 0.2) is 53.1 Å². The predicted octanol–water partition coefficient (Wildman–Crippen LogP) is 5.78. The summed E-state index contributed by atoms with van der Waals surface area (Å²) in [7, 11) is 1.35. The second-order valence-corrected chi connectivity index (χ2v) is 13.8. The van der Waals surface area contributed by atoms with Gasteiger partial charge in [-0.1, -0.05) is 29.4 Å². The maximum Gasteiger partial charge on any atom is 0.337 e. The van der Waals surface area contributed by atoms with Crippen LogP contribution in [0.2, 0.25) is 0 Å². The third-order valence-electron chi connectivity index (χ3n) is 9.61. The van der Waals surface area contributed by atoms with Crippen LogP contribution in [0.3, 0.4) is 0 Å². The van der Waals surface area contributed by atoms with Crippen LogP contribution in [0.25, 0.3) is 0 Å². The average Bonchev–Trinajstić information content (AvgIpc) is 3.60. The van der Waals surface area contributed by atoms with Crippen LogP contribution in [-0.2, 0) is 31.2 Å². The number of likely N-dealkylation sites (tertiary alicyclic amines) is 1. The number of aromatic nitrogens is 1. The van der Waals surface area contributed by atoms with Gasteiger partial charge in [0.25, 0.3) is 0 Å². The van der Waals surface area contributed by atoms with Gasteiger partial charge in [0.05, 0.1) is 37.3 Å². The first kappa shape index (κ1) is 35.5. The Hall–Kier alpha value is -3.83. The van der Waals surface area contributed by atoms with Crippen molar-refractivity contribution < 1.29 is 33.1 Å². The van der Waals surface area contributed by atoms with E-state index in [0.29, 0.717) is 62.2 Å². The number of thioether (sulfide) groups is 1. The Morgan fingerprint density at radius 2 is 1.83 bits per heavy atom. The van der Waals surface area contributed by atoms with Gasteiger partial charge in [0.2, 0.25) is 11.8 Å². The molecular formula is C37H47N3O7S. The van der Waals surface area contributed by atoms with Crippen molar-refractivity contribution in [2.75, 3.05) is 39.2 Å². The van der Waals surface area contributed by atoms with Gasteiger partial charge in [-0.05, 0) is 94.2 Å². The number of aryl methyl sites for hydroxylation is 3. The SMILES string of the molecule is COC(=O)c1ccc(OCCOCCNC(=O)CCc2ccccc2C2CC3(CCC(C)N3C(=O)CSCc3c(C)noc3C)C2)cc1. The molecule has 1 atom stereocenters. The summed E-state index contributed by atoms with van der Waals surface area (Å²) in [6, 6.07) is 15.4. The summed E-state index contributed by atoms with van der Waals surface area (Å²) >= 11 is 1.64. The Morgan fingerprint density at radius 1 is 1.06 bits per heavy atom. The monoisotopic (exact) mass is 677 g/mol. The van der Waals surface area contributed by atoms with Crippen molar-refractivity contribution in [3.8, 4) is 5.75 Å². The minimum atomic E-state index is -0.389. The highest BCUT2D eigenvalue weighted by atomic mass is 32.2. The van der Waals surface area contributed by atoms with E-state index in [9.17, 15) is 14.4 Å². The van der Waals surface area contributed by atoms with Crippen molar-refractivity contribution in [1.29, 1.82) is 0 Å². The maximum atomic E-state index is 13.5. The van der Waals surface area contributed by atoms with Crippen LogP contribution in [-0.4, -0.2) is 78.6 Å². The van der Waals surface area contributed by atoms with Crippen molar-refractivity contribution in [3.63, 3.8) is 0 Å². The van der Waals surface area contributed by atoms with Gasteiger partial charge in [0.1, 0.15) is 18.1 Å². The van der Waals surface area contributed by atoms with E-state index in [1.165, 1.54) is 18.2 Å². The largest absolute Gasteiger partial charge is 0.491 e. The lowest BCUT2D eigenvalue weighted by Crippen LogP contribution is -2.57. The molecule has 1 spiro atoms. The second-order valence-electron chi connectivity index (χ2n) is 12.8. The van der Waals surface area contributed by atoms with Crippen molar-refractivity contribution in [2.24, 2.45) is 0 Å². The van der Waals surface area contributed by atoms with Crippen molar-refractivity contribution in [3.05, 3.63) is 82.2 Å². The smallest absolute Gasteiger partial charge is 0.337 e. The van der Waals surface area contributed by atoms with Gasteiger partial charge in [0, 0.05) is 35.9 Å². The normalized spacial score (nSPS) is 20.0. The summed E-state index contributed by atoms with van der Waals surface area (Å²) in [5.41, 5.74) is 4.90. The molecule has 1 aliphatic heterocycles. The molecule has 48 heavy (non-hydrogen) atoms. The molecule has 1 saturated carbocycles. The van der Waals surface area contributed by atoms with Crippen molar-refractivity contribution in [1.82, 2.24) is 15.4 Å². The Kier molecular flexibility index (Phi) is 12.2. The Morgan fingerprint density at radius 3 is 2.56 bits per heavy atom. The molecule has 258 valence electrons. The summed E-state index contributed by atoms with van der Waals surface area (Å²) in [6.07, 6.45) is 5.11. The molecule has 1 aliphatic carbocycles. The van der Waals surface area contributed by atoms with Gasteiger partial charge in [0.15, 0.2) is 0 Å². The van der Waals surface area contributed by atoms with E-state index in [4.69, 9.17) is 18.7 Å². The number of amides is 2. The summed E-state index contributed by atoms with van der Waals surface area (Å²) in [5, 5.41) is 6.98. The number of rotatable bonds is 16. The number of nitrogens with zero attached hydrogens (tertiary/aromatic N) is 2. The minimum Gasteiger partial charge on any atom is -0.491 e. The topological polar surface area (TPSA) is 120 Å². The maximum absolute atomic E-state index is 13.5. The fourth-order valence-corrected chi connectivity index (χ4v) is 8.12. The fraction of sp³-hybridized carbons (Fsp3) is 0.514. The van der Waals surface area contributed by atoms with Crippen LogP contribution in [0.5, 0.6) is 5.75 Å². The van der Waals surface area contributed by atoms with Crippen LogP contribution in [0.4, 0.5) is 0 Å². The number of carbonyl (C=O) groups excluding carboxylic acids is 3. The van der Waals surface area contributed by atoms with E-state index in [1.807, 2.05) is 19.9 Å². The second kappa shape index (κ2) is 16.5. The lowest BCUT2D eigenvalue weighted by molar-refractivity contribution is -0.138. The highest BCUT2D eigenvalue weighted by molar-refractivity contribution is 7.99. The Bertz CT molecular complexity index is 1530. The molecule has 2 heterocycles. The van der Waals surface area contributed by atoms with E-state index in [1.54, 1.807) is 36.0 Å². The lowest BCUT2D eigenvalue weighted by Gasteiger charge is -2.52. The molecule has 3 aromatic rings. The highest BCUT2D eigenvalue weighted by Gasteiger charge is 2.55. The molecule has 0 bridgehead atoms. The molecule has 1 saturated heterocycles. The number of carbonyl (C=O) groups is 3. The summed E-state index contributed by atoms with van der Waals surface area (Å²) in [5.74, 6) is 2.87. The molecule has 1 unspecified atom stereocenters. The van der Waals surface area contributed by atoms with Crippen molar-refractivity contribution in [2.45, 2.75) is 82.5 Å². The van der Waals surface area contributed by atoms with Crippen LogP contribution in [0, 0.1) is 13.8 Å². The molecule has 2 aromatic carbocycles. The lowest BCUT2D eigenvalue weighted by atomic mass is 9.63. The van der Waals surface area contributed by atoms with Crippen molar-refractivity contribution >= 4 is 29.5 Å². The molecule has 2 fully saturated rings. The van der Waals surface area contributed by atoms with E-state index < -0.39 is 0 Å². The Labute approximate surface area is 287 Å². The third-order valence-corrected chi connectivity index (χ3v) is 10.6. The molecular weight excluding hydrogens is 630 g/mol. The first-order valence-corrected chi connectivity index (χ1v) is 17.9. The van der Waals surface area contributed by atoms with E-state index in [2.05, 4.69) is 40.5 Å². The molecule has 2 amide bonds. The fourth-order valence-electron chi connectivity index (χ4n) is 7.09. The number of nitrogens with one attached hydrogen (secondary N) is 1. The van der Waals surface area contributed by atoms with E-state index >= 15 is 0 Å². The summed E-state index contributed by atoms with van der Waals surface area (Å²) < 4.78 is 21.2. The number of benzene rings is 2.